The van der Waals surface area contributed by atoms with Gasteiger partial charge in [-0.25, -0.2) is 5.01 Å². The second-order valence-corrected chi connectivity index (χ2v) is 5.87. The minimum absolute atomic E-state index is 0.0687. The molecule has 1 aromatic rings. The number of ether oxygens (including phenoxy) is 1. The molecule has 0 spiro atoms. The monoisotopic (exact) mass is 264 g/mol. The molecule has 0 fully saturated rings. The Kier molecular flexibility index (Phi) is 5.51. The Labute approximate surface area is 115 Å². The van der Waals surface area contributed by atoms with Crippen molar-refractivity contribution < 1.29 is 9.53 Å². The van der Waals surface area contributed by atoms with Gasteiger partial charge in [-0.15, -0.1) is 0 Å². The lowest BCUT2D eigenvalue weighted by Gasteiger charge is -2.19. The molecule has 1 aromatic carbocycles. The number of carbonyl (C=O) groups excluding carboxylic acids is 1. The van der Waals surface area contributed by atoms with E-state index >= 15 is 0 Å². The maximum atomic E-state index is 11.4. The van der Waals surface area contributed by atoms with Crippen LogP contribution in [0, 0.1) is 0 Å². The molecule has 4 heteroatoms. The maximum absolute atomic E-state index is 11.4. The van der Waals surface area contributed by atoms with Crippen molar-refractivity contribution in [3.8, 4) is 0 Å². The Morgan fingerprint density at radius 1 is 1.21 bits per heavy atom. The molecular formula is C15H24N2O2. The summed E-state index contributed by atoms with van der Waals surface area (Å²) in [5.41, 5.74) is 5.15. The van der Waals surface area contributed by atoms with Crippen molar-refractivity contribution in [1.29, 1.82) is 0 Å². The first-order valence-electron chi connectivity index (χ1n) is 6.43. The van der Waals surface area contributed by atoms with Crippen LogP contribution in [0.1, 0.15) is 31.9 Å². The highest BCUT2D eigenvalue weighted by Crippen LogP contribution is 2.22. The van der Waals surface area contributed by atoms with Crippen LogP contribution in [-0.4, -0.2) is 31.6 Å². The highest BCUT2D eigenvalue weighted by molar-refractivity contribution is 5.76. The van der Waals surface area contributed by atoms with Gasteiger partial charge in [-0.1, -0.05) is 45.0 Å². The molecule has 0 aliphatic rings. The fraction of sp³-hybridized carbons (Fsp3) is 0.533. The van der Waals surface area contributed by atoms with E-state index in [1.807, 2.05) is 12.1 Å². The second-order valence-electron chi connectivity index (χ2n) is 5.87. The maximum Gasteiger partial charge on any atom is 0.260 e. The van der Waals surface area contributed by atoms with Gasteiger partial charge in [0, 0.05) is 14.1 Å². The van der Waals surface area contributed by atoms with E-state index in [4.69, 9.17) is 4.74 Å². The van der Waals surface area contributed by atoms with Gasteiger partial charge in [-0.05, 0) is 16.5 Å². The summed E-state index contributed by atoms with van der Waals surface area (Å²) in [6.07, 6.45) is 0. The van der Waals surface area contributed by atoms with Crippen LogP contribution >= 0.6 is 0 Å². The van der Waals surface area contributed by atoms with Gasteiger partial charge in [0.15, 0.2) is 0 Å². The lowest BCUT2D eigenvalue weighted by Crippen LogP contribution is -2.38. The van der Waals surface area contributed by atoms with Crippen molar-refractivity contribution in [2.24, 2.45) is 0 Å². The standard InChI is InChI=1S/C15H24N2O2/c1-15(2,3)13-8-6-12(7-9-13)10-19-11-14(18)16-17(4)5/h6-9H,10-11H2,1-5H3,(H,16,18). The van der Waals surface area contributed by atoms with Crippen LogP contribution in [-0.2, 0) is 21.6 Å². The van der Waals surface area contributed by atoms with Crippen LogP contribution in [0.3, 0.4) is 0 Å². The molecule has 0 aliphatic heterocycles. The fourth-order valence-corrected chi connectivity index (χ4v) is 1.64. The molecule has 0 saturated heterocycles. The quantitative estimate of drug-likeness (QED) is 0.828. The number of hydrogen-bond donors (Lipinski definition) is 1. The van der Waals surface area contributed by atoms with Crippen LogP contribution in [0.25, 0.3) is 0 Å². The average Bonchev–Trinajstić information content (AvgIpc) is 2.27. The largest absolute Gasteiger partial charge is 0.367 e. The fourth-order valence-electron chi connectivity index (χ4n) is 1.64. The molecule has 106 valence electrons. The van der Waals surface area contributed by atoms with Crippen LogP contribution in [0.5, 0.6) is 0 Å². The normalized spacial score (nSPS) is 11.7. The minimum atomic E-state index is -0.142. The van der Waals surface area contributed by atoms with E-state index in [2.05, 4.69) is 38.3 Å². The SMILES string of the molecule is CN(C)NC(=O)COCc1ccc(C(C)(C)C)cc1. The second kappa shape index (κ2) is 6.68. The zero-order valence-electron chi connectivity index (χ0n) is 12.5. The molecule has 1 N–H and O–H groups in total. The van der Waals surface area contributed by atoms with Gasteiger partial charge < -0.3 is 4.74 Å². The van der Waals surface area contributed by atoms with Crippen LogP contribution in [0.4, 0.5) is 0 Å². The van der Waals surface area contributed by atoms with E-state index in [0.29, 0.717) is 6.61 Å². The predicted molar refractivity (Wildman–Crippen MR) is 76.6 cm³/mol. The number of hydrogen-bond acceptors (Lipinski definition) is 3. The number of benzene rings is 1. The van der Waals surface area contributed by atoms with Gasteiger partial charge >= 0.3 is 0 Å². The molecular weight excluding hydrogens is 240 g/mol. The van der Waals surface area contributed by atoms with Crippen LogP contribution in [0.2, 0.25) is 0 Å². The van der Waals surface area contributed by atoms with Gasteiger partial charge in [0.1, 0.15) is 6.61 Å². The minimum Gasteiger partial charge on any atom is -0.367 e. The Balaban J connectivity index is 2.40. The Morgan fingerprint density at radius 3 is 2.26 bits per heavy atom. The molecule has 1 rings (SSSR count). The average molecular weight is 264 g/mol. The summed E-state index contributed by atoms with van der Waals surface area (Å²) in [6.45, 7) is 7.07. The smallest absolute Gasteiger partial charge is 0.260 e. The molecule has 0 bridgehead atoms. The number of carbonyl (C=O) groups is 1. The Morgan fingerprint density at radius 2 is 1.79 bits per heavy atom. The number of rotatable bonds is 5. The third-order valence-corrected chi connectivity index (χ3v) is 2.67. The first-order chi connectivity index (χ1) is 8.79. The summed E-state index contributed by atoms with van der Waals surface area (Å²) in [6, 6.07) is 8.31. The molecule has 0 aromatic heterocycles. The van der Waals surface area contributed by atoms with E-state index in [-0.39, 0.29) is 17.9 Å². The third kappa shape index (κ3) is 5.85. The number of nitrogens with one attached hydrogen (secondary N) is 1. The zero-order valence-corrected chi connectivity index (χ0v) is 12.5. The number of nitrogens with zero attached hydrogens (tertiary/aromatic N) is 1. The highest BCUT2D eigenvalue weighted by Gasteiger charge is 2.12. The molecule has 1 amide bonds. The lowest BCUT2D eigenvalue weighted by atomic mass is 9.87. The number of hydrazine groups is 1. The molecule has 0 radical (unpaired) electrons. The van der Waals surface area contributed by atoms with E-state index in [9.17, 15) is 4.79 Å². The van der Waals surface area contributed by atoms with Gasteiger partial charge in [-0.3, -0.25) is 10.2 Å². The Bertz CT molecular complexity index is 405. The number of amides is 1. The van der Waals surface area contributed by atoms with Crippen molar-refractivity contribution in [1.82, 2.24) is 10.4 Å². The predicted octanol–water partition coefficient (Wildman–Crippen LogP) is 2.09. The van der Waals surface area contributed by atoms with E-state index in [1.165, 1.54) is 5.56 Å². The lowest BCUT2D eigenvalue weighted by molar-refractivity contribution is -0.129. The molecule has 0 aliphatic carbocycles. The van der Waals surface area contributed by atoms with Crippen LogP contribution < -0.4 is 5.43 Å². The van der Waals surface area contributed by atoms with Gasteiger partial charge in [0.05, 0.1) is 6.61 Å². The summed E-state index contributed by atoms with van der Waals surface area (Å²) >= 11 is 0. The molecule has 0 atom stereocenters. The summed E-state index contributed by atoms with van der Waals surface area (Å²) in [5, 5.41) is 1.60. The summed E-state index contributed by atoms with van der Waals surface area (Å²) in [4.78, 5) is 11.4. The van der Waals surface area contributed by atoms with Gasteiger partial charge in [0.25, 0.3) is 5.91 Å². The van der Waals surface area contributed by atoms with Crippen LogP contribution in [0.15, 0.2) is 24.3 Å². The highest BCUT2D eigenvalue weighted by atomic mass is 16.5. The third-order valence-electron chi connectivity index (χ3n) is 2.67. The first kappa shape index (κ1) is 15.7. The summed E-state index contributed by atoms with van der Waals surface area (Å²) in [7, 11) is 3.53. The van der Waals surface area contributed by atoms with Gasteiger partial charge in [0.2, 0.25) is 0 Å². The summed E-state index contributed by atoms with van der Waals surface area (Å²) in [5.74, 6) is -0.142. The molecule has 0 saturated carbocycles. The molecule has 4 nitrogen and oxygen atoms in total. The van der Waals surface area contributed by atoms with Crippen molar-refractivity contribution >= 4 is 5.91 Å². The topological polar surface area (TPSA) is 41.6 Å². The zero-order chi connectivity index (χ0) is 14.5. The van der Waals surface area contributed by atoms with Gasteiger partial charge in [-0.2, -0.15) is 0 Å². The molecule has 0 unspecified atom stereocenters. The molecule has 0 heterocycles. The van der Waals surface area contributed by atoms with Crippen molar-refractivity contribution in [2.45, 2.75) is 32.8 Å². The first-order valence-corrected chi connectivity index (χ1v) is 6.43. The van der Waals surface area contributed by atoms with E-state index < -0.39 is 0 Å². The summed E-state index contributed by atoms with van der Waals surface area (Å²) < 4.78 is 5.37. The van der Waals surface area contributed by atoms with Crippen molar-refractivity contribution in [2.75, 3.05) is 20.7 Å². The van der Waals surface area contributed by atoms with Crippen molar-refractivity contribution in [3.63, 3.8) is 0 Å². The Hall–Kier alpha value is -1.39. The van der Waals surface area contributed by atoms with E-state index in [1.54, 1.807) is 19.1 Å². The van der Waals surface area contributed by atoms with Crippen molar-refractivity contribution in [3.05, 3.63) is 35.4 Å². The molecule has 19 heavy (non-hydrogen) atoms. The van der Waals surface area contributed by atoms with E-state index in [0.717, 1.165) is 5.56 Å².